The van der Waals surface area contributed by atoms with Crippen molar-refractivity contribution in [1.29, 1.82) is 0 Å². The Balaban J connectivity index is 2.11. The molecule has 0 spiro atoms. The fourth-order valence-corrected chi connectivity index (χ4v) is 1.82. The van der Waals surface area contributed by atoms with E-state index in [9.17, 15) is 20.0 Å². The molecule has 8 nitrogen and oxygen atoms in total. The molecule has 2 aromatic rings. The summed E-state index contributed by atoms with van der Waals surface area (Å²) in [6, 6.07) is 10.4. The van der Waals surface area contributed by atoms with Crippen LogP contribution in [-0.4, -0.2) is 29.3 Å². The molecule has 0 bridgehead atoms. The first-order valence-corrected chi connectivity index (χ1v) is 6.46. The number of phenolic OH excluding ortho intramolecular Hbond substituents is 1. The maximum absolute atomic E-state index is 12.0. The summed E-state index contributed by atoms with van der Waals surface area (Å²) in [4.78, 5) is 22.0. The van der Waals surface area contributed by atoms with Gasteiger partial charge in [0.1, 0.15) is 5.75 Å². The molecule has 118 valence electrons. The molecule has 0 aliphatic heterocycles. The summed E-state index contributed by atoms with van der Waals surface area (Å²) in [7, 11) is 1.45. The molecule has 0 aliphatic rings. The molecular weight excluding hydrogens is 302 g/mol. The number of amides is 1. The monoisotopic (exact) mass is 315 g/mol. The van der Waals surface area contributed by atoms with Crippen LogP contribution in [0.3, 0.4) is 0 Å². The van der Waals surface area contributed by atoms with Gasteiger partial charge in [-0.1, -0.05) is 12.1 Å². The highest BCUT2D eigenvalue weighted by atomic mass is 16.6. The topological polar surface area (TPSA) is 114 Å². The van der Waals surface area contributed by atoms with Crippen molar-refractivity contribution in [2.75, 3.05) is 7.11 Å². The van der Waals surface area contributed by atoms with Crippen LogP contribution in [0.2, 0.25) is 0 Å². The molecule has 0 unspecified atom stereocenters. The second kappa shape index (κ2) is 7.03. The van der Waals surface area contributed by atoms with E-state index < -0.39 is 22.3 Å². The molecule has 0 aromatic heterocycles. The van der Waals surface area contributed by atoms with Crippen LogP contribution in [-0.2, 0) is 0 Å². The largest absolute Gasteiger partial charge is 0.502 e. The van der Waals surface area contributed by atoms with Gasteiger partial charge >= 0.3 is 5.69 Å². The van der Waals surface area contributed by atoms with Crippen LogP contribution in [0, 0.1) is 10.1 Å². The van der Waals surface area contributed by atoms with Gasteiger partial charge < -0.3 is 9.84 Å². The summed E-state index contributed by atoms with van der Waals surface area (Å²) in [5, 5.41) is 23.8. The Bertz CT molecular complexity index is 773. The van der Waals surface area contributed by atoms with E-state index in [1.807, 2.05) is 0 Å². The van der Waals surface area contributed by atoms with Crippen molar-refractivity contribution in [3.8, 4) is 11.5 Å². The normalized spacial score (nSPS) is 10.5. The van der Waals surface area contributed by atoms with E-state index in [-0.39, 0.29) is 0 Å². The third kappa shape index (κ3) is 3.82. The molecule has 0 saturated carbocycles. The van der Waals surface area contributed by atoms with Crippen molar-refractivity contribution >= 4 is 17.8 Å². The Morgan fingerprint density at radius 3 is 2.78 bits per heavy atom. The van der Waals surface area contributed by atoms with Crippen LogP contribution in [0.1, 0.15) is 15.9 Å². The molecule has 0 radical (unpaired) electrons. The quantitative estimate of drug-likeness (QED) is 0.498. The molecule has 1 amide bonds. The van der Waals surface area contributed by atoms with Crippen LogP contribution < -0.4 is 10.2 Å². The second-order valence-corrected chi connectivity index (χ2v) is 4.40. The van der Waals surface area contributed by atoms with Gasteiger partial charge in [0.25, 0.3) is 5.91 Å². The number of hydrazone groups is 1. The van der Waals surface area contributed by atoms with Crippen molar-refractivity contribution < 1.29 is 19.6 Å². The predicted octanol–water partition coefficient (Wildman–Crippen LogP) is 2.07. The van der Waals surface area contributed by atoms with Gasteiger partial charge in [0.15, 0.2) is 5.75 Å². The van der Waals surface area contributed by atoms with Gasteiger partial charge in [-0.15, -0.1) is 0 Å². The number of ether oxygens (including phenoxy) is 1. The number of hydrogen-bond donors (Lipinski definition) is 2. The van der Waals surface area contributed by atoms with Crippen molar-refractivity contribution in [3.63, 3.8) is 0 Å². The summed E-state index contributed by atoms with van der Waals surface area (Å²) >= 11 is 0. The lowest BCUT2D eigenvalue weighted by atomic mass is 10.2. The zero-order valence-electron chi connectivity index (χ0n) is 12.1. The minimum absolute atomic E-state index is 0.309. The molecule has 0 fully saturated rings. The van der Waals surface area contributed by atoms with Gasteiger partial charge in [0, 0.05) is 11.6 Å². The molecule has 8 heteroatoms. The van der Waals surface area contributed by atoms with Gasteiger partial charge in [0.05, 0.1) is 23.8 Å². The number of aromatic hydroxyl groups is 1. The Hall–Kier alpha value is -3.42. The molecule has 0 heterocycles. The summed E-state index contributed by atoms with van der Waals surface area (Å²) in [6.45, 7) is 0. The maximum Gasteiger partial charge on any atom is 0.311 e. The summed E-state index contributed by atoms with van der Waals surface area (Å²) in [5.41, 5.74) is 2.53. The van der Waals surface area contributed by atoms with E-state index in [4.69, 9.17) is 4.74 Å². The van der Waals surface area contributed by atoms with Crippen molar-refractivity contribution in [3.05, 3.63) is 63.7 Å². The number of carbonyl (C=O) groups excluding carboxylic acids is 1. The molecule has 2 N–H and O–H groups in total. The molecule has 2 aromatic carbocycles. The fraction of sp³-hybridized carbons (Fsp3) is 0.0667. The number of para-hydroxylation sites is 1. The molecular formula is C15H13N3O5. The predicted molar refractivity (Wildman–Crippen MR) is 82.8 cm³/mol. The summed E-state index contributed by atoms with van der Waals surface area (Å²) in [5.74, 6) is -0.516. The van der Waals surface area contributed by atoms with E-state index >= 15 is 0 Å². The molecule has 0 saturated heterocycles. The van der Waals surface area contributed by atoms with E-state index in [2.05, 4.69) is 10.5 Å². The zero-order chi connectivity index (χ0) is 16.8. The van der Waals surface area contributed by atoms with Gasteiger partial charge in [-0.2, -0.15) is 5.10 Å². The van der Waals surface area contributed by atoms with E-state index in [1.54, 1.807) is 24.3 Å². The number of benzene rings is 2. The Kier molecular flexibility index (Phi) is 4.88. The highest BCUT2D eigenvalue weighted by Gasteiger charge is 2.13. The van der Waals surface area contributed by atoms with E-state index in [1.165, 1.54) is 25.5 Å². The van der Waals surface area contributed by atoms with Crippen LogP contribution >= 0.6 is 0 Å². The Morgan fingerprint density at radius 2 is 2.09 bits per heavy atom. The third-order valence-electron chi connectivity index (χ3n) is 2.93. The number of nitro groups is 1. The first-order chi connectivity index (χ1) is 11.0. The zero-order valence-corrected chi connectivity index (χ0v) is 12.1. The van der Waals surface area contributed by atoms with Gasteiger partial charge in [-0.05, 0) is 24.3 Å². The summed E-state index contributed by atoms with van der Waals surface area (Å²) < 4.78 is 5.07. The number of carbonyl (C=O) groups is 1. The lowest BCUT2D eigenvalue weighted by molar-refractivity contribution is -0.385. The highest BCUT2D eigenvalue weighted by molar-refractivity contribution is 5.97. The van der Waals surface area contributed by atoms with Crippen LogP contribution in [0.25, 0.3) is 0 Å². The Morgan fingerprint density at radius 1 is 1.35 bits per heavy atom. The van der Waals surface area contributed by atoms with E-state index in [0.717, 1.165) is 6.07 Å². The lowest BCUT2D eigenvalue weighted by Crippen LogP contribution is -2.18. The first kappa shape index (κ1) is 16.0. The number of nitrogens with zero attached hydrogens (tertiary/aromatic N) is 2. The smallest absolute Gasteiger partial charge is 0.311 e. The second-order valence-electron chi connectivity index (χ2n) is 4.40. The first-order valence-electron chi connectivity index (χ1n) is 6.46. The Labute approximate surface area is 131 Å². The molecule has 0 atom stereocenters. The maximum atomic E-state index is 12.0. The average Bonchev–Trinajstić information content (AvgIpc) is 2.55. The SMILES string of the molecule is COc1ccccc1C(=O)N/N=C\c1ccc(O)c([N+](=O)[O-])c1. The highest BCUT2D eigenvalue weighted by Crippen LogP contribution is 2.25. The molecule has 0 aliphatic carbocycles. The molecule has 23 heavy (non-hydrogen) atoms. The summed E-state index contributed by atoms with van der Waals surface area (Å²) in [6.07, 6.45) is 1.24. The van der Waals surface area contributed by atoms with Crippen LogP contribution in [0.5, 0.6) is 11.5 Å². The number of nitro benzene ring substituents is 1. The molecule has 2 rings (SSSR count). The number of hydrogen-bond acceptors (Lipinski definition) is 6. The van der Waals surface area contributed by atoms with E-state index in [0.29, 0.717) is 16.9 Å². The third-order valence-corrected chi connectivity index (χ3v) is 2.93. The number of nitrogens with one attached hydrogen (secondary N) is 1. The number of phenols is 1. The standard InChI is InChI=1S/C15H13N3O5/c1-23-14-5-3-2-4-11(14)15(20)17-16-9-10-6-7-13(19)12(8-10)18(21)22/h2-9,19H,1H3,(H,17,20)/b16-9-. The van der Waals surface area contributed by atoms with Crippen molar-refractivity contribution in [2.45, 2.75) is 0 Å². The number of methoxy groups -OCH3 is 1. The van der Waals surface area contributed by atoms with Gasteiger partial charge in [-0.25, -0.2) is 5.43 Å². The van der Waals surface area contributed by atoms with Crippen LogP contribution in [0.15, 0.2) is 47.6 Å². The van der Waals surface area contributed by atoms with Gasteiger partial charge in [0.2, 0.25) is 0 Å². The average molecular weight is 315 g/mol. The minimum Gasteiger partial charge on any atom is -0.502 e. The fourth-order valence-electron chi connectivity index (χ4n) is 1.82. The van der Waals surface area contributed by atoms with Gasteiger partial charge in [-0.3, -0.25) is 14.9 Å². The minimum atomic E-state index is -0.708. The van der Waals surface area contributed by atoms with Crippen LogP contribution in [0.4, 0.5) is 5.69 Å². The number of rotatable bonds is 5. The van der Waals surface area contributed by atoms with Crippen molar-refractivity contribution in [2.24, 2.45) is 5.10 Å². The lowest BCUT2D eigenvalue weighted by Gasteiger charge is -2.05. The van der Waals surface area contributed by atoms with Crippen molar-refractivity contribution in [1.82, 2.24) is 5.43 Å².